The van der Waals surface area contributed by atoms with Crippen LogP contribution >= 0.6 is 0 Å². The van der Waals surface area contributed by atoms with Crippen LogP contribution in [0, 0.1) is 0 Å². The highest BCUT2D eigenvalue weighted by molar-refractivity contribution is 7.90. The first-order valence-corrected chi connectivity index (χ1v) is 9.09. The number of sulfone groups is 1. The first-order chi connectivity index (χ1) is 11.4. The van der Waals surface area contributed by atoms with Crippen molar-refractivity contribution in [3.05, 3.63) is 36.2 Å². The van der Waals surface area contributed by atoms with Gasteiger partial charge >= 0.3 is 0 Å². The molecule has 3 aromatic rings. The Balaban J connectivity index is 1.69. The van der Waals surface area contributed by atoms with Gasteiger partial charge in [-0.2, -0.15) is 10.1 Å². The highest BCUT2D eigenvalue weighted by Crippen LogP contribution is 2.27. The van der Waals surface area contributed by atoms with E-state index in [9.17, 15) is 8.42 Å². The average Bonchev–Trinajstić information content (AvgIpc) is 2.92. The van der Waals surface area contributed by atoms with Gasteiger partial charge in [-0.1, -0.05) is 0 Å². The van der Waals surface area contributed by atoms with E-state index in [0.717, 1.165) is 28.4 Å². The monoisotopic (exact) mass is 342 g/mol. The fourth-order valence-electron chi connectivity index (χ4n) is 2.61. The van der Waals surface area contributed by atoms with Gasteiger partial charge in [0.05, 0.1) is 18.4 Å². The molecule has 0 saturated carbocycles. The molecule has 3 heterocycles. The molecule has 8 nitrogen and oxygen atoms in total. The molecule has 1 aliphatic heterocycles. The van der Waals surface area contributed by atoms with Crippen molar-refractivity contribution in [1.82, 2.24) is 19.7 Å². The molecule has 1 aliphatic rings. The van der Waals surface area contributed by atoms with Crippen LogP contribution in [0.2, 0.25) is 0 Å². The molecule has 0 aliphatic carbocycles. The number of hydrogen-bond donors (Lipinski definition) is 0. The molecule has 0 fully saturated rings. The fraction of sp³-hybridized carbons (Fsp3) is 0.200. The number of hydrogen-bond acceptors (Lipinski definition) is 7. The van der Waals surface area contributed by atoms with Crippen LogP contribution in [-0.4, -0.2) is 40.8 Å². The van der Waals surface area contributed by atoms with E-state index < -0.39 is 9.84 Å². The number of aromatic nitrogens is 4. The van der Waals surface area contributed by atoms with Crippen LogP contribution in [0.5, 0.6) is 0 Å². The molecule has 122 valence electrons. The molecule has 0 radical (unpaired) electrons. The van der Waals surface area contributed by atoms with Crippen LogP contribution in [0.1, 0.15) is 5.56 Å². The Labute approximate surface area is 138 Å². The summed E-state index contributed by atoms with van der Waals surface area (Å²) in [6.45, 7) is 0.522. The van der Waals surface area contributed by atoms with Crippen LogP contribution in [0.3, 0.4) is 0 Å². The number of rotatable bonds is 2. The SMILES string of the molecule is Cn1cc2cc(N3C=Nc4nc(S(C)(=O)=O)ncc4C3)ccc2n1. The average molecular weight is 342 g/mol. The summed E-state index contributed by atoms with van der Waals surface area (Å²) in [5.41, 5.74) is 2.67. The number of benzene rings is 1. The zero-order chi connectivity index (χ0) is 16.9. The lowest BCUT2D eigenvalue weighted by molar-refractivity contribution is 0.592. The highest BCUT2D eigenvalue weighted by Gasteiger charge is 2.19. The van der Waals surface area contributed by atoms with Crippen molar-refractivity contribution in [2.45, 2.75) is 11.7 Å². The molecule has 1 aromatic carbocycles. The topological polar surface area (TPSA) is 93.3 Å². The standard InChI is InChI=1S/C15H14N6O2S/c1-20-7-10-5-12(3-4-13(10)19-20)21-8-11-6-16-15(24(2,22)23)18-14(11)17-9-21/h3-7,9H,8H2,1-2H3. The summed E-state index contributed by atoms with van der Waals surface area (Å²) in [7, 11) is -1.56. The molecule has 2 aromatic heterocycles. The van der Waals surface area contributed by atoms with Gasteiger partial charge in [0.1, 0.15) is 0 Å². The molecule has 0 N–H and O–H groups in total. The van der Waals surface area contributed by atoms with Crippen molar-refractivity contribution < 1.29 is 8.42 Å². The quantitative estimate of drug-likeness (QED) is 0.654. The molecule has 4 rings (SSSR count). The van der Waals surface area contributed by atoms with Crippen LogP contribution in [0.25, 0.3) is 10.9 Å². The Bertz CT molecular complexity index is 1090. The summed E-state index contributed by atoms with van der Waals surface area (Å²) >= 11 is 0. The smallest absolute Gasteiger partial charge is 0.248 e. The van der Waals surface area contributed by atoms with Gasteiger partial charge in [0, 0.05) is 42.3 Å². The van der Waals surface area contributed by atoms with Crippen molar-refractivity contribution in [2.75, 3.05) is 11.2 Å². The van der Waals surface area contributed by atoms with Crippen LogP contribution < -0.4 is 4.90 Å². The van der Waals surface area contributed by atoms with Crippen molar-refractivity contribution in [3.63, 3.8) is 0 Å². The molecule has 0 amide bonds. The molecule has 9 heteroatoms. The van der Waals surface area contributed by atoms with Gasteiger partial charge in [-0.15, -0.1) is 0 Å². The fourth-order valence-corrected chi connectivity index (χ4v) is 3.10. The van der Waals surface area contributed by atoms with Gasteiger partial charge < -0.3 is 4.90 Å². The van der Waals surface area contributed by atoms with E-state index in [1.54, 1.807) is 11.0 Å². The van der Waals surface area contributed by atoms with E-state index in [1.807, 2.05) is 36.3 Å². The minimum atomic E-state index is -3.44. The largest absolute Gasteiger partial charge is 0.328 e. The second-order valence-corrected chi connectivity index (χ2v) is 7.60. The van der Waals surface area contributed by atoms with Gasteiger partial charge in [-0.05, 0) is 18.2 Å². The van der Waals surface area contributed by atoms with Crippen molar-refractivity contribution in [1.29, 1.82) is 0 Å². The van der Waals surface area contributed by atoms with E-state index in [0.29, 0.717) is 12.4 Å². The van der Waals surface area contributed by atoms with E-state index in [1.165, 1.54) is 6.20 Å². The van der Waals surface area contributed by atoms with Crippen LogP contribution in [-0.2, 0) is 23.4 Å². The summed E-state index contributed by atoms with van der Waals surface area (Å²) in [4.78, 5) is 14.2. The van der Waals surface area contributed by atoms with Gasteiger partial charge in [0.25, 0.3) is 0 Å². The third kappa shape index (κ3) is 2.52. The molecule has 0 bridgehead atoms. The molecular weight excluding hydrogens is 328 g/mol. The van der Waals surface area contributed by atoms with Crippen LogP contribution in [0.15, 0.2) is 40.7 Å². The zero-order valence-electron chi connectivity index (χ0n) is 13.1. The maximum absolute atomic E-state index is 11.5. The summed E-state index contributed by atoms with van der Waals surface area (Å²) in [5, 5.41) is 5.19. The van der Waals surface area contributed by atoms with Gasteiger partial charge in [-0.3, -0.25) is 4.68 Å². The molecular formula is C15H14N6O2S. The summed E-state index contributed by atoms with van der Waals surface area (Å²) in [6, 6.07) is 5.96. The lowest BCUT2D eigenvalue weighted by Crippen LogP contribution is -2.24. The highest BCUT2D eigenvalue weighted by atomic mass is 32.2. The minimum Gasteiger partial charge on any atom is -0.328 e. The molecule has 0 atom stereocenters. The Hall–Kier alpha value is -2.81. The molecule has 24 heavy (non-hydrogen) atoms. The lowest BCUT2D eigenvalue weighted by Gasteiger charge is -2.23. The maximum atomic E-state index is 11.5. The Morgan fingerprint density at radius 1 is 1.25 bits per heavy atom. The Morgan fingerprint density at radius 2 is 2.08 bits per heavy atom. The first-order valence-electron chi connectivity index (χ1n) is 7.20. The predicted octanol–water partition coefficient (Wildman–Crippen LogP) is 1.45. The Kier molecular flexibility index (Phi) is 3.14. The molecule has 0 saturated heterocycles. The Morgan fingerprint density at radius 3 is 2.88 bits per heavy atom. The second-order valence-electron chi connectivity index (χ2n) is 5.69. The van der Waals surface area contributed by atoms with Crippen LogP contribution in [0.4, 0.5) is 11.5 Å². The number of anilines is 1. The molecule has 0 spiro atoms. The van der Waals surface area contributed by atoms with Gasteiger partial charge in [-0.25, -0.2) is 18.4 Å². The maximum Gasteiger partial charge on any atom is 0.248 e. The summed E-state index contributed by atoms with van der Waals surface area (Å²) in [5.74, 6) is 0.393. The van der Waals surface area contributed by atoms with E-state index in [2.05, 4.69) is 20.1 Å². The van der Waals surface area contributed by atoms with Crippen molar-refractivity contribution in [2.24, 2.45) is 12.0 Å². The molecule has 0 unspecified atom stereocenters. The summed E-state index contributed by atoms with van der Waals surface area (Å²) in [6.07, 6.45) is 6.20. The zero-order valence-corrected chi connectivity index (χ0v) is 13.9. The second kappa shape index (κ2) is 5.10. The third-order valence-electron chi connectivity index (χ3n) is 3.75. The van der Waals surface area contributed by atoms with Gasteiger partial charge in [0.2, 0.25) is 15.0 Å². The lowest BCUT2D eigenvalue weighted by atomic mass is 10.2. The first kappa shape index (κ1) is 14.8. The van der Waals surface area contributed by atoms with E-state index >= 15 is 0 Å². The van der Waals surface area contributed by atoms with E-state index in [-0.39, 0.29) is 5.16 Å². The summed E-state index contributed by atoms with van der Waals surface area (Å²) < 4.78 is 24.8. The van der Waals surface area contributed by atoms with Gasteiger partial charge in [0.15, 0.2) is 5.82 Å². The number of nitrogens with zero attached hydrogens (tertiary/aromatic N) is 6. The van der Waals surface area contributed by atoms with Crippen molar-refractivity contribution in [3.8, 4) is 0 Å². The number of fused-ring (bicyclic) bond motifs is 2. The van der Waals surface area contributed by atoms with E-state index in [4.69, 9.17) is 0 Å². The normalized spacial score (nSPS) is 14.2. The third-order valence-corrected chi connectivity index (χ3v) is 4.61. The minimum absolute atomic E-state index is 0.205. The predicted molar refractivity (Wildman–Crippen MR) is 90.2 cm³/mol. The number of aliphatic imine (C=N–C) groups is 1. The number of aryl methyl sites for hydroxylation is 1. The van der Waals surface area contributed by atoms with Crippen molar-refractivity contribution >= 4 is 38.6 Å².